The van der Waals surface area contributed by atoms with E-state index in [2.05, 4.69) is 4.98 Å². The number of ether oxygens (including phenoxy) is 1. The van der Waals surface area contributed by atoms with E-state index in [1.165, 1.54) is 7.11 Å². The van der Waals surface area contributed by atoms with Crippen LogP contribution in [-0.2, 0) is 14.3 Å². The van der Waals surface area contributed by atoms with Crippen molar-refractivity contribution in [2.75, 3.05) is 7.11 Å². The van der Waals surface area contributed by atoms with E-state index in [0.29, 0.717) is 0 Å². The van der Waals surface area contributed by atoms with Gasteiger partial charge in [-0.05, 0) is 44.9 Å². The maximum atomic E-state index is 13.8. The molecule has 1 heterocycles. The van der Waals surface area contributed by atoms with Crippen LogP contribution in [0.25, 0.3) is 0 Å². The topological polar surface area (TPSA) is 59.5 Å². The molecule has 1 amide bonds. The molecule has 1 aromatic heterocycles. The first-order chi connectivity index (χ1) is 13.4. The Kier molecular flexibility index (Phi) is 7.73. The normalized spacial score (nSPS) is 13.2. The first-order valence-corrected chi connectivity index (χ1v) is 9.70. The van der Waals surface area contributed by atoms with Crippen LogP contribution < -0.4 is 0 Å². The molecule has 0 N–H and O–H groups in total. The molecule has 5 heteroatoms. The van der Waals surface area contributed by atoms with Crippen molar-refractivity contribution in [3.8, 4) is 0 Å². The predicted molar refractivity (Wildman–Crippen MR) is 110 cm³/mol. The van der Waals surface area contributed by atoms with Gasteiger partial charge in [0.2, 0.25) is 5.91 Å². The van der Waals surface area contributed by atoms with Crippen LogP contribution in [0.15, 0.2) is 54.9 Å². The molecule has 0 spiro atoms. The van der Waals surface area contributed by atoms with Crippen LogP contribution in [0.1, 0.15) is 57.1 Å². The van der Waals surface area contributed by atoms with Gasteiger partial charge >= 0.3 is 5.97 Å². The minimum atomic E-state index is -0.505. The van der Waals surface area contributed by atoms with E-state index in [1.807, 2.05) is 75.1 Å². The number of aromatic nitrogens is 1. The summed E-state index contributed by atoms with van der Waals surface area (Å²) in [7, 11) is 1.37. The minimum absolute atomic E-state index is 0.00829. The van der Waals surface area contributed by atoms with Crippen LogP contribution >= 0.6 is 0 Å². The van der Waals surface area contributed by atoms with E-state index in [9.17, 15) is 9.59 Å². The molecule has 1 aromatic carbocycles. The Labute approximate surface area is 167 Å². The summed E-state index contributed by atoms with van der Waals surface area (Å²) in [5.74, 6) is -1.21. The van der Waals surface area contributed by atoms with Gasteiger partial charge in [0.1, 0.15) is 0 Å². The van der Waals surface area contributed by atoms with Crippen LogP contribution in [0.5, 0.6) is 0 Å². The van der Waals surface area contributed by atoms with Crippen LogP contribution in [0, 0.1) is 0 Å². The van der Waals surface area contributed by atoms with Gasteiger partial charge in [0.25, 0.3) is 0 Å². The lowest BCUT2D eigenvalue weighted by atomic mass is 9.78. The number of carbonyl (C=O) groups is 2. The molecule has 0 aliphatic rings. The SMILES string of the molecule is COC(=O)CC(c1cccnc1)C(C(=O)N(C(C)C)C(C)C)c1ccccc1. The van der Waals surface area contributed by atoms with Gasteiger partial charge in [0.05, 0.1) is 19.4 Å². The largest absolute Gasteiger partial charge is 0.469 e. The van der Waals surface area contributed by atoms with Crippen molar-refractivity contribution in [3.63, 3.8) is 0 Å². The van der Waals surface area contributed by atoms with Gasteiger partial charge < -0.3 is 9.64 Å². The van der Waals surface area contributed by atoms with Gasteiger partial charge in [-0.1, -0.05) is 36.4 Å². The number of benzene rings is 1. The zero-order valence-electron chi connectivity index (χ0n) is 17.3. The second-order valence-corrected chi connectivity index (χ2v) is 7.49. The third-order valence-electron chi connectivity index (χ3n) is 4.92. The van der Waals surface area contributed by atoms with Gasteiger partial charge in [0.15, 0.2) is 0 Å². The number of esters is 1. The van der Waals surface area contributed by atoms with Crippen molar-refractivity contribution in [3.05, 3.63) is 66.0 Å². The Balaban J connectivity index is 2.59. The second-order valence-electron chi connectivity index (χ2n) is 7.49. The molecule has 2 unspecified atom stereocenters. The summed E-state index contributed by atoms with van der Waals surface area (Å²) in [4.78, 5) is 32.1. The molecular formula is C23H30N2O3. The number of hydrogen-bond acceptors (Lipinski definition) is 4. The lowest BCUT2D eigenvalue weighted by Crippen LogP contribution is -2.46. The summed E-state index contributed by atoms with van der Waals surface area (Å²) < 4.78 is 4.94. The first-order valence-electron chi connectivity index (χ1n) is 9.70. The Morgan fingerprint density at radius 1 is 0.964 bits per heavy atom. The lowest BCUT2D eigenvalue weighted by Gasteiger charge is -2.37. The fourth-order valence-electron chi connectivity index (χ4n) is 3.76. The van der Waals surface area contributed by atoms with E-state index in [-0.39, 0.29) is 36.3 Å². The summed E-state index contributed by atoms with van der Waals surface area (Å²) >= 11 is 0. The molecule has 2 aromatic rings. The number of rotatable bonds is 8. The van der Waals surface area contributed by atoms with E-state index >= 15 is 0 Å². The average molecular weight is 383 g/mol. The molecule has 0 saturated carbocycles. The standard InChI is InChI=1S/C23H30N2O3/c1-16(2)25(17(3)4)23(27)22(18-10-7-6-8-11-18)20(14-21(26)28-5)19-12-9-13-24-15-19/h6-13,15-17,20,22H,14H2,1-5H3. The number of nitrogens with zero attached hydrogens (tertiary/aromatic N) is 2. The van der Waals surface area contributed by atoms with E-state index in [1.54, 1.807) is 12.4 Å². The highest BCUT2D eigenvalue weighted by molar-refractivity contribution is 5.86. The smallest absolute Gasteiger partial charge is 0.306 e. The van der Waals surface area contributed by atoms with E-state index in [4.69, 9.17) is 4.74 Å². The van der Waals surface area contributed by atoms with E-state index < -0.39 is 5.92 Å². The molecular weight excluding hydrogens is 352 g/mol. The number of carbonyl (C=O) groups excluding carboxylic acids is 2. The summed E-state index contributed by atoms with van der Waals surface area (Å²) in [5, 5.41) is 0. The summed E-state index contributed by atoms with van der Waals surface area (Å²) in [6.45, 7) is 8.05. The molecule has 2 atom stereocenters. The number of pyridine rings is 1. The fraction of sp³-hybridized carbons (Fsp3) is 0.435. The van der Waals surface area contributed by atoms with Gasteiger partial charge in [-0.3, -0.25) is 14.6 Å². The molecule has 150 valence electrons. The third kappa shape index (κ3) is 5.18. The van der Waals surface area contributed by atoms with Crippen LogP contribution in [0.3, 0.4) is 0 Å². The Morgan fingerprint density at radius 3 is 2.07 bits per heavy atom. The van der Waals surface area contributed by atoms with Crippen LogP contribution in [0.4, 0.5) is 0 Å². The molecule has 5 nitrogen and oxygen atoms in total. The van der Waals surface area contributed by atoms with Crippen molar-refractivity contribution in [2.45, 2.75) is 58.0 Å². The van der Waals surface area contributed by atoms with Crippen molar-refractivity contribution < 1.29 is 14.3 Å². The average Bonchev–Trinajstić information content (AvgIpc) is 2.68. The Bertz CT molecular complexity index is 752. The summed E-state index contributed by atoms with van der Waals surface area (Å²) in [6, 6.07) is 13.5. The molecule has 0 radical (unpaired) electrons. The molecule has 0 saturated heterocycles. The fourth-order valence-corrected chi connectivity index (χ4v) is 3.76. The van der Waals surface area contributed by atoms with E-state index in [0.717, 1.165) is 11.1 Å². The summed E-state index contributed by atoms with van der Waals surface area (Å²) in [5.41, 5.74) is 1.74. The van der Waals surface area contributed by atoms with Gasteiger partial charge in [0, 0.05) is 30.4 Å². The molecule has 0 fully saturated rings. The Hall–Kier alpha value is -2.69. The Morgan fingerprint density at radius 2 is 1.57 bits per heavy atom. The highest BCUT2D eigenvalue weighted by atomic mass is 16.5. The number of hydrogen-bond donors (Lipinski definition) is 0. The molecule has 0 aliphatic carbocycles. The van der Waals surface area contributed by atoms with Crippen molar-refractivity contribution in [1.82, 2.24) is 9.88 Å². The minimum Gasteiger partial charge on any atom is -0.469 e. The van der Waals surface area contributed by atoms with Crippen molar-refractivity contribution in [2.24, 2.45) is 0 Å². The summed E-state index contributed by atoms with van der Waals surface area (Å²) in [6.07, 6.45) is 3.52. The quantitative estimate of drug-likeness (QED) is 0.643. The lowest BCUT2D eigenvalue weighted by molar-refractivity contribution is -0.142. The van der Waals surface area contributed by atoms with Gasteiger partial charge in [-0.25, -0.2) is 0 Å². The van der Waals surface area contributed by atoms with Crippen molar-refractivity contribution in [1.29, 1.82) is 0 Å². The predicted octanol–water partition coefficient (Wildman–Crippen LogP) is 4.16. The molecule has 0 aliphatic heterocycles. The zero-order chi connectivity index (χ0) is 20.7. The molecule has 28 heavy (non-hydrogen) atoms. The van der Waals surface area contributed by atoms with Crippen LogP contribution in [-0.4, -0.2) is 41.0 Å². The first kappa shape index (κ1) is 21.6. The van der Waals surface area contributed by atoms with Crippen LogP contribution in [0.2, 0.25) is 0 Å². The number of amides is 1. The third-order valence-corrected chi connectivity index (χ3v) is 4.92. The number of methoxy groups -OCH3 is 1. The zero-order valence-corrected chi connectivity index (χ0v) is 17.3. The van der Waals surface area contributed by atoms with Gasteiger partial charge in [-0.2, -0.15) is 0 Å². The molecule has 2 rings (SSSR count). The maximum absolute atomic E-state index is 13.8. The highest BCUT2D eigenvalue weighted by Crippen LogP contribution is 2.38. The van der Waals surface area contributed by atoms with Gasteiger partial charge in [-0.15, -0.1) is 0 Å². The monoisotopic (exact) mass is 382 g/mol. The molecule has 0 bridgehead atoms. The highest BCUT2D eigenvalue weighted by Gasteiger charge is 2.37. The van der Waals surface area contributed by atoms with Crippen molar-refractivity contribution >= 4 is 11.9 Å². The second kappa shape index (κ2) is 10.0. The maximum Gasteiger partial charge on any atom is 0.306 e.